The lowest BCUT2D eigenvalue weighted by molar-refractivity contribution is 0.318. The van der Waals surface area contributed by atoms with E-state index in [-0.39, 0.29) is 5.75 Å². The zero-order valence-electron chi connectivity index (χ0n) is 14.1. The number of aryl methyl sites for hydroxylation is 4. The summed E-state index contributed by atoms with van der Waals surface area (Å²) in [5.41, 5.74) is 5.03. The molecule has 0 fully saturated rings. The first kappa shape index (κ1) is 15.3. The predicted octanol–water partition coefficient (Wildman–Crippen LogP) is 3.76. The molecule has 0 saturated carbocycles. The number of nitrogens with zero attached hydrogens (tertiary/aromatic N) is 3. The summed E-state index contributed by atoms with van der Waals surface area (Å²) in [7, 11) is 0. The highest BCUT2D eigenvalue weighted by molar-refractivity contribution is 5.92. The minimum Gasteiger partial charge on any atom is -0.504 e. The van der Waals surface area contributed by atoms with Gasteiger partial charge < -0.3 is 14.4 Å². The van der Waals surface area contributed by atoms with Gasteiger partial charge in [-0.1, -0.05) is 0 Å². The van der Waals surface area contributed by atoms with Crippen LogP contribution in [-0.2, 0) is 0 Å². The summed E-state index contributed by atoms with van der Waals surface area (Å²) in [4.78, 5) is 0. The molecule has 3 rings (SSSR count). The lowest BCUT2D eigenvalue weighted by Crippen LogP contribution is -2.00. The van der Waals surface area contributed by atoms with Crippen molar-refractivity contribution in [2.24, 2.45) is 0 Å². The second kappa shape index (κ2) is 5.57. The minimum atomic E-state index is 0.151. The smallest absolute Gasteiger partial charge is 0.162 e. The zero-order valence-corrected chi connectivity index (χ0v) is 14.1. The van der Waals surface area contributed by atoms with Crippen molar-refractivity contribution in [3.63, 3.8) is 0 Å². The highest BCUT2D eigenvalue weighted by atomic mass is 16.5. The molecule has 0 saturated heterocycles. The average Bonchev–Trinajstić information content (AvgIpc) is 2.78. The molecule has 2 aromatic heterocycles. The maximum absolute atomic E-state index is 9.93. The Morgan fingerprint density at radius 2 is 1.57 bits per heavy atom. The van der Waals surface area contributed by atoms with E-state index in [2.05, 4.69) is 28.6 Å². The molecule has 0 amide bonds. The first-order valence-electron chi connectivity index (χ1n) is 7.73. The van der Waals surface area contributed by atoms with Crippen molar-refractivity contribution in [1.82, 2.24) is 14.8 Å². The molecule has 1 aromatic carbocycles. The normalized spacial score (nSPS) is 11.2. The molecule has 0 aliphatic rings. The molecule has 0 radical (unpaired) electrons. The number of aromatic hydroxyl groups is 1. The fourth-order valence-corrected chi connectivity index (χ4v) is 3.27. The van der Waals surface area contributed by atoms with Crippen molar-refractivity contribution in [3.8, 4) is 17.2 Å². The Labute approximate surface area is 135 Å². The average molecular weight is 311 g/mol. The van der Waals surface area contributed by atoms with E-state index in [1.54, 1.807) is 6.07 Å². The molecule has 5 heteroatoms. The molecule has 0 aliphatic carbocycles. The third kappa shape index (κ3) is 2.32. The summed E-state index contributed by atoms with van der Waals surface area (Å²) in [6, 6.07) is 5.42. The molecular weight excluding hydrogens is 290 g/mol. The summed E-state index contributed by atoms with van der Waals surface area (Å²) in [5.74, 6) is 0.643. The fourth-order valence-electron chi connectivity index (χ4n) is 3.27. The lowest BCUT2D eigenvalue weighted by Gasteiger charge is -2.12. The van der Waals surface area contributed by atoms with E-state index in [0.29, 0.717) is 12.4 Å². The van der Waals surface area contributed by atoms with Crippen LogP contribution in [0, 0.1) is 27.7 Å². The van der Waals surface area contributed by atoms with Gasteiger partial charge in [-0.05, 0) is 46.8 Å². The topological polar surface area (TPSA) is 60.2 Å². The Kier molecular flexibility index (Phi) is 3.72. The molecular formula is C18H21N3O2. The van der Waals surface area contributed by atoms with E-state index in [4.69, 9.17) is 4.74 Å². The van der Waals surface area contributed by atoms with E-state index in [0.717, 1.165) is 39.2 Å². The Morgan fingerprint density at radius 1 is 1.00 bits per heavy atom. The lowest BCUT2D eigenvalue weighted by atomic mass is 10.1. The van der Waals surface area contributed by atoms with Gasteiger partial charge in [0.05, 0.1) is 18.0 Å². The van der Waals surface area contributed by atoms with Crippen molar-refractivity contribution in [2.75, 3.05) is 6.61 Å². The maximum Gasteiger partial charge on any atom is 0.162 e. The molecule has 120 valence electrons. The number of benzene rings is 1. The van der Waals surface area contributed by atoms with Gasteiger partial charge in [-0.2, -0.15) is 10.2 Å². The summed E-state index contributed by atoms with van der Waals surface area (Å²) in [6.45, 7) is 10.5. The third-order valence-corrected chi connectivity index (χ3v) is 4.22. The number of fused-ring (bicyclic) bond motifs is 1. The van der Waals surface area contributed by atoms with E-state index in [9.17, 15) is 5.11 Å². The number of ether oxygens (including phenoxy) is 1. The summed E-state index contributed by atoms with van der Waals surface area (Å²) in [6.07, 6.45) is 0. The monoisotopic (exact) mass is 311 g/mol. The van der Waals surface area contributed by atoms with Crippen LogP contribution >= 0.6 is 0 Å². The highest BCUT2D eigenvalue weighted by Gasteiger charge is 2.18. The van der Waals surface area contributed by atoms with Gasteiger partial charge in [0, 0.05) is 33.9 Å². The number of hydrogen-bond donors (Lipinski definition) is 1. The molecule has 0 spiro atoms. The summed E-state index contributed by atoms with van der Waals surface area (Å²) in [5, 5.41) is 20.7. The van der Waals surface area contributed by atoms with Gasteiger partial charge in [0.15, 0.2) is 11.5 Å². The van der Waals surface area contributed by atoms with Crippen molar-refractivity contribution in [2.45, 2.75) is 34.6 Å². The van der Waals surface area contributed by atoms with Crippen molar-refractivity contribution in [3.05, 3.63) is 41.0 Å². The number of phenolic OH excluding ortho intramolecular Hbond substituents is 1. The highest BCUT2D eigenvalue weighted by Crippen LogP contribution is 2.34. The Balaban J connectivity index is 2.31. The molecule has 1 N–H and O–H groups in total. The fraction of sp³-hybridized carbons (Fsp3) is 0.333. The molecule has 0 unspecified atom stereocenters. The van der Waals surface area contributed by atoms with Crippen LogP contribution in [0.4, 0.5) is 0 Å². The maximum atomic E-state index is 9.93. The quantitative estimate of drug-likeness (QED) is 0.800. The molecule has 0 bridgehead atoms. The van der Waals surface area contributed by atoms with Crippen LogP contribution in [0.15, 0.2) is 18.2 Å². The predicted molar refractivity (Wildman–Crippen MR) is 90.6 cm³/mol. The first-order chi connectivity index (χ1) is 11.0. The van der Waals surface area contributed by atoms with Crippen molar-refractivity contribution < 1.29 is 9.84 Å². The third-order valence-electron chi connectivity index (χ3n) is 4.22. The summed E-state index contributed by atoms with van der Waals surface area (Å²) >= 11 is 0. The molecule has 5 nitrogen and oxygen atoms in total. The molecule has 0 aliphatic heterocycles. The molecule has 23 heavy (non-hydrogen) atoms. The van der Waals surface area contributed by atoms with Crippen LogP contribution in [0.3, 0.4) is 0 Å². The number of hydrogen-bond acceptors (Lipinski definition) is 4. The van der Waals surface area contributed by atoms with Crippen molar-refractivity contribution >= 4 is 10.8 Å². The van der Waals surface area contributed by atoms with Gasteiger partial charge in [-0.25, -0.2) is 0 Å². The van der Waals surface area contributed by atoms with E-state index in [1.807, 2.05) is 32.9 Å². The summed E-state index contributed by atoms with van der Waals surface area (Å²) < 4.78 is 7.67. The standard InChI is InChI=1S/C18H21N3O2/c1-6-23-16-9-14(7-8-15(16)22)21-12(4)17-10(2)19-20-11(3)18(17)13(21)5/h7-9,22H,6H2,1-5H3. The van der Waals surface area contributed by atoms with Crippen LogP contribution in [0.1, 0.15) is 29.7 Å². The molecule has 0 atom stereocenters. The van der Waals surface area contributed by atoms with E-state index in [1.165, 1.54) is 0 Å². The Morgan fingerprint density at radius 3 is 2.09 bits per heavy atom. The zero-order chi connectivity index (χ0) is 16.7. The van der Waals surface area contributed by atoms with Crippen LogP contribution in [0.5, 0.6) is 11.5 Å². The van der Waals surface area contributed by atoms with Gasteiger partial charge in [0.2, 0.25) is 0 Å². The molecule has 2 heterocycles. The largest absolute Gasteiger partial charge is 0.504 e. The van der Waals surface area contributed by atoms with Crippen molar-refractivity contribution in [1.29, 1.82) is 0 Å². The van der Waals surface area contributed by atoms with Gasteiger partial charge in [-0.3, -0.25) is 0 Å². The number of rotatable bonds is 3. The SMILES string of the molecule is CCOc1cc(-n2c(C)c3c(C)nnc(C)c3c2C)ccc1O. The number of aromatic nitrogens is 3. The van der Waals surface area contributed by atoms with Crippen LogP contribution in [0.25, 0.3) is 16.5 Å². The van der Waals surface area contributed by atoms with Gasteiger partial charge in [0.25, 0.3) is 0 Å². The second-order valence-corrected chi connectivity index (χ2v) is 5.71. The van der Waals surface area contributed by atoms with E-state index >= 15 is 0 Å². The van der Waals surface area contributed by atoms with E-state index < -0.39 is 0 Å². The first-order valence-corrected chi connectivity index (χ1v) is 7.73. The van der Waals surface area contributed by atoms with Gasteiger partial charge in [-0.15, -0.1) is 0 Å². The second-order valence-electron chi connectivity index (χ2n) is 5.71. The van der Waals surface area contributed by atoms with Crippen LogP contribution in [0.2, 0.25) is 0 Å². The van der Waals surface area contributed by atoms with Crippen LogP contribution < -0.4 is 4.74 Å². The van der Waals surface area contributed by atoms with Gasteiger partial charge >= 0.3 is 0 Å². The Bertz CT molecular complexity index is 852. The molecule has 3 aromatic rings. The Hall–Kier alpha value is -2.56. The van der Waals surface area contributed by atoms with Crippen LogP contribution in [-0.4, -0.2) is 26.5 Å². The minimum absolute atomic E-state index is 0.151. The number of phenols is 1. The van der Waals surface area contributed by atoms with Gasteiger partial charge in [0.1, 0.15) is 0 Å².